The summed E-state index contributed by atoms with van der Waals surface area (Å²) in [5.41, 5.74) is 20.8. The minimum atomic E-state index is 0. The number of benzene rings is 6. The Hall–Kier alpha value is -6.29. The van der Waals surface area contributed by atoms with Crippen LogP contribution in [0, 0.1) is 35.0 Å². The minimum absolute atomic E-state index is 0. The molecule has 11 heteroatoms. The maximum atomic E-state index is 9.20. The van der Waals surface area contributed by atoms with Gasteiger partial charge in [0.05, 0.1) is 67.6 Å². The summed E-state index contributed by atoms with van der Waals surface area (Å²) in [6.45, 7) is 0. The zero-order valence-corrected chi connectivity index (χ0v) is 41.1. The SMILES string of the molecule is N#Cc1nc2ccccc2nc1Cc1ccccc1.N=C(c1nc2ccccc2nc1Cc1ccccc1)C1CC1.NC(c1nc2ccccc2nc1Cc1ccccc1)C1CC1.[Br-].[CH-]1CC1.[Mg+2]. The molecule has 3 aromatic heterocycles. The maximum absolute atomic E-state index is 9.20. The van der Waals surface area contributed by atoms with Crippen molar-refractivity contribution >= 4 is 61.9 Å². The zero-order valence-electron chi connectivity index (χ0n) is 38.1. The van der Waals surface area contributed by atoms with Gasteiger partial charge in [0, 0.05) is 25.2 Å². The molecule has 68 heavy (non-hydrogen) atoms. The summed E-state index contributed by atoms with van der Waals surface area (Å²) in [5, 5.41) is 17.6. The Balaban J connectivity index is 0.000000144. The molecule has 3 fully saturated rings. The number of halogens is 1. The van der Waals surface area contributed by atoms with Crippen molar-refractivity contribution in [1.29, 1.82) is 10.7 Å². The van der Waals surface area contributed by atoms with Crippen molar-refractivity contribution in [2.75, 3.05) is 0 Å². The smallest absolute Gasteiger partial charge is 1.00 e. The monoisotopic (exact) mass is 965 g/mol. The average Bonchev–Trinajstić information content (AvgIpc) is 4.18. The Morgan fingerprint density at radius 3 is 1.32 bits per heavy atom. The van der Waals surface area contributed by atoms with Gasteiger partial charge >= 0.3 is 23.1 Å². The van der Waals surface area contributed by atoms with Crippen molar-refractivity contribution in [2.45, 2.75) is 63.8 Å². The number of nitrogens with zero attached hydrogens (tertiary/aromatic N) is 7. The van der Waals surface area contributed by atoms with E-state index in [1.807, 2.05) is 127 Å². The van der Waals surface area contributed by atoms with Crippen molar-refractivity contribution in [2.24, 2.45) is 17.6 Å². The van der Waals surface area contributed by atoms with Gasteiger partial charge < -0.3 is 34.5 Å². The largest absolute Gasteiger partial charge is 2.00 e. The number of hydrogen-bond donors (Lipinski definition) is 2. The van der Waals surface area contributed by atoms with E-state index in [0.29, 0.717) is 29.7 Å². The third-order valence-corrected chi connectivity index (χ3v) is 11.7. The Morgan fingerprint density at radius 1 is 0.529 bits per heavy atom. The molecule has 9 nitrogen and oxygen atoms in total. The number of aromatic nitrogens is 6. The van der Waals surface area contributed by atoms with Crippen LogP contribution in [0.5, 0.6) is 0 Å². The van der Waals surface area contributed by atoms with Crippen LogP contribution in [0.2, 0.25) is 0 Å². The summed E-state index contributed by atoms with van der Waals surface area (Å²) in [6.07, 6.45) is 11.8. The molecule has 3 N–H and O–H groups in total. The molecule has 1 unspecified atom stereocenters. The van der Waals surface area contributed by atoms with E-state index in [9.17, 15) is 5.26 Å². The molecule has 0 spiro atoms. The van der Waals surface area contributed by atoms with Crippen molar-refractivity contribution in [3.63, 3.8) is 0 Å². The van der Waals surface area contributed by atoms with Crippen LogP contribution in [0.1, 0.15) is 95.4 Å². The predicted octanol–water partition coefficient (Wildman–Crippen LogP) is 8.33. The van der Waals surface area contributed by atoms with Crippen LogP contribution in [0.15, 0.2) is 164 Å². The van der Waals surface area contributed by atoms with Gasteiger partial charge in [-0.05, 0) is 84.7 Å². The van der Waals surface area contributed by atoms with Crippen LogP contribution >= 0.6 is 0 Å². The molecule has 0 radical (unpaired) electrons. The van der Waals surface area contributed by atoms with Crippen LogP contribution in [0.3, 0.4) is 0 Å². The Bertz CT molecular complexity index is 3120. The van der Waals surface area contributed by atoms with Crippen LogP contribution in [-0.2, 0) is 19.3 Å². The molecule has 3 aliphatic carbocycles. The molecule has 12 rings (SSSR count). The molecule has 0 bridgehead atoms. The Morgan fingerprint density at radius 2 is 0.897 bits per heavy atom. The molecule has 1 atom stereocenters. The fourth-order valence-electron chi connectivity index (χ4n) is 7.68. The van der Waals surface area contributed by atoms with Crippen LogP contribution in [0.25, 0.3) is 33.1 Å². The standard InChI is InChI=1S/C19H19N3.C19H17N3.C16H11N3.C3H5.BrH.Mg/c2*20-18(14-10-11-14)19-17(12-13-6-2-1-3-7-13)21-15-8-4-5-9-16(15)22-19;17-11-16-15(10-12-6-2-1-3-7-12)18-13-8-4-5-9-14(13)19-16;1-2-3-1;;/h1-9,14,18H,10-12,20H2;1-9,14,20H,10-12H2;1-9H,10H2;1H,2-3H2;1H;/q;;;-1;;+2/p-1. The van der Waals surface area contributed by atoms with Gasteiger partial charge in [-0.1, -0.05) is 127 Å². The van der Waals surface area contributed by atoms with Gasteiger partial charge in [0.15, 0.2) is 5.69 Å². The van der Waals surface area contributed by atoms with Crippen molar-refractivity contribution in [3.8, 4) is 6.07 Å². The van der Waals surface area contributed by atoms with Gasteiger partial charge in [0.2, 0.25) is 0 Å². The third kappa shape index (κ3) is 13.4. The number of hydrogen-bond acceptors (Lipinski definition) is 9. The molecular weight excluding hydrogens is 915 g/mol. The first kappa shape index (κ1) is 49.6. The quantitative estimate of drug-likeness (QED) is 0.0790. The second-order valence-corrected chi connectivity index (χ2v) is 17.1. The van der Waals surface area contributed by atoms with Crippen molar-refractivity contribution in [1.82, 2.24) is 29.9 Å². The van der Waals surface area contributed by atoms with Gasteiger partial charge in [0.25, 0.3) is 0 Å². The molecule has 3 heterocycles. The number of nitrogens with one attached hydrogen (secondary N) is 1. The van der Waals surface area contributed by atoms with E-state index >= 15 is 0 Å². The molecule has 3 saturated carbocycles. The number of nitrogens with two attached hydrogens (primary N) is 1. The van der Waals surface area contributed by atoms with Crippen molar-refractivity contribution < 1.29 is 17.0 Å². The molecule has 9 aromatic rings. The van der Waals surface area contributed by atoms with Gasteiger partial charge in [-0.2, -0.15) is 5.26 Å². The molecule has 0 amide bonds. The van der Waals surface area contributed by atoms with E-state index in [2.05, 4.69) is 58.9 Å². The normalized spacial score (nSPS) is 13.6. The molecule has 0 saturated heterocycles. The Labute approximate surface area is 425 Å². The molecule has 334 valence electrons. The average molecular weight is 967 g/mol. The van der Waals surface area contributed by atoms with Crippen molar-refractivity contribution in [3.05, 3.63) is 221 Å². The first-order valence-corrected chi connectivity index (χ1v) is 22.9. The summed E-state index contributed by atoms with van der Waals surface area (Å²) in [5.74, 6) is 0.954. The van der Waals surface area contributed by atoms with E-state index < -0.39 is 0 Å². The second kappa shape index (κ2) is 24.1. The number of para-hydroxylation sites is 6. The fourth-order valence-corrected chi connectivity index (χ4v) is 7.68. The van der Waals surface area contributed by atoms with Gasteiger partial charge in [-0.25, -0.2) is 42.7 Å². The maximum Gasteiger partial charge on any atom is 2.00 e. The predicted molar refractivity (Wildman–Crippen MR) is 270 cm³/mol. The summed E-state index contributed by atoms with van der Waals surface area (Å²) in [7, 11) is 0. The van der Waals surface area contributed by atoms with Gasteiger partial charge in [0.1, 0.15) is 11.8 Å². The van der Waals surface area contributed by atoms with Gasteiger partial charge in [-0.3, -0.25) is 0 Å². The van der Waals surface area contributed by atoms with Crippen LogP contribution in [-0.4, -0.2) is 58.7 Å². The summed E-state index contributed by atoms with van der Waals surface area (Å²) < 4.78 is 0. The Kier molecular flexibility index (Phi) is 17.6. The summed E-state index contributed by atoms with van der Waals surface area (Å²) in [6, 6.07) is 56.4. The topological polar surface area (TPSA) is 151 Å². The number of fused-ring (bicyclic) bond motifs is 3. The van der Waals surface area contributed by atoms with E-state index in [1.165, 1.54) is 36.8 Å². The molecule has 3 aliphatic rings. The molecule has 6 aromatic carbocycles. The first-order valence-electron chi connectivity index (χ1n) is 22.9. The molecular formula is C57H52BrMgN9. The fraction of sp³-hybridized carbons (Fsp3) is 0.211. The number of rotatable bonds is 10. The summed E-state index contributed by atoms with van der Waals surface area (Å²) >= 11 is 0. The van der Waals surface area contributed by atoms with E-state index in [-0.39, 0.29) is 46.1 Å². The second-order valence-electron chi connectivity index (χ2n) is 17.1. The van der Waals surface area contributed by atoms with E-state index in [1.54, 1.807) is 0 Å². The zero-order chi connectivity index (χ0) is 45.1. The summed E-state index contributed by atoms with van der Waals surface area (Å²) in [4.78, 5) is 28.2. The van der Waals surface area contributed by atoms with Crippen LogP contribution < -0.4 is 22.7 Å². The van der Waals surface area contributed by atoms with E-state index in [4.69, 9.17) is 31.1 Å². The number of nitriles is 1. The van der Waals surface area contributed by atoms with E-state index in [0.717, 1.165) is 92.8 Å². The first-order chi connectivity index (χ1) is 32.5. The van der Waals surface area contributed by atoms with Crippen LogP contribution in [0.4, 0.5) is 0 Å². The van der Waals surface area contributed by atoms with Gasteiger partial charge in [-0.15, -0.1) is 0 Å². The molecule has 0 aliphatic heterocycles. The minimum Gasteiger partial charge on any atom is -1.00 e. The third-order valence-electron chi connectivity index (χ3n) is 11.7.